The highest BCUT2D eigenvalue weighted by Crippen LogP contribution is 2.25. The third-order valence-corrected chi connectivity index (χ3v) is 3.08. The van der Waals surface area contributed by atoms with E-state index in [0.717, 1.165) is 23.4 Å². The van der Waals surface area contributed by atoms with Crippen LogP contribution in [-0.2, 0) is 4.74 Å². The van der Waals surface area contributed by atoms with Gasteiger partial charge in [0.15, 0.2) is 0 Å². The fourth-order valence-electron chi connectivity index (χ4n) is 1.96. The van der Waals surface area contributed by atoms with Crippen molar-refractivity contribution in [2.45, 2.75) is 26.1 Å². The van der Waals surface area contributed by atoms with Crippen molar-refractivity contribution in [2.75, 3.05) is 18.0 Å². The second kappa shape index (κ2) is 4.49. The van der Waals surface area contributed by atoms with Crippen LogP contribution in [0.3, 0.4) is 0 Å². The van der Waals surface area contributed by atoms with Gasteiger partial charge in [-0.25, -0.2) is 4.98 Å². The predicted octanol–water partition coefficient (Wildman–Crippen LogP) is 2.46. The van der Waals surface area contributed by atoms with Gasteiger partial charge in [-0.3, -0.25) is 0 Å². The molecule has 1 saturated heterocycles. The molecule has 0 saturated carbocycles. The molecule has 4 heteroatoms. The molecule has 0 radical (unpaired) electrons. The van der Waals surface area contributed by atoms with E-state index in [2.05, 4.69) is 39.7 Å². The Morgan fingerprint density at radius 1 is 1.40 bits per heavy atom. The van der Waals surface area contributed by atoms with E-state index in [4.69, 9.17) is 4.74 Å². The second-order valence-electron chi connectivity index (χ2n) is 3.97. The lowest BCUT2D eigenvalue weighted by atomic mass is 10.2. The normalized spacial score (nSPS) is 26.7. The molecule has 1 aromatic heterocycles. The third kappa shape index (κ3) is 2.49. The number of ether oxygens (including phenoxy) is 1. The van der Waals surface area contributed by atoms with Crippen LogP contribution in [0.4, 0.5) is 5.82 Å². The van der Waals surface area contributed by atoms with E-state index >= 15 is 0 Å². The van der Waals surface area contributed by atoms with Gasteiger partial charge in [-0.15, -0.1) is 0 Å². The Labute approximate surface area is 98.6 Å². The van der Waals surface area contributed by atoms with Crippen LogP contribution in [0.1, 0.15) is 13.8 Å². The van der Waals surface area contributed by atoms with Gasteiger partial charge >= 0.3 is 0 Å². The zero-order valence-corrected chi connectivity index (χ0v) is 10.6. The minimum atomic E-state index is 0.266. The molecule has 2 rings (SSSR count). The third-order valence-electron chi connectivity index (χ3n) is 2.46. The Kier molecular flexibility index (Phi) is 3.26. The Morgan fingerprint density at radius 2 is 2.07 bits per heavy atom. The molecule has 0 N–H and O–H groups in total. The van der Waals surface area contributed by atoms with Crippen LogP contribution in [0, 0.1) is 0 Å². The highest BCUT2D eigenvalue weighted by Gasteiger charge is 2.24. The molecule has 0 amide bonds. The molecule has 0 aliphatic carbocycles. The number of hydrogen-bond donors (Lipinski definition) is 0. The maximum Gasteiger partial charge on any atom is 0.143 e. The number of morpholine rings is 1. The first-order valence-electron chi connectivity index (χ1n) is 5.17. The molecule has 0 aromatic carbocycles. The average molecular weight is 271 g/mol. The summed E-state index contributed by atoms with van der Waals surface area (Å²) in [5, 5.41) is 0. The summed E-state index contributed by atoms with van der Waals surface area (Å²) >= 11 is 3.53. The van der Waals surface area contributed by atoms with Crippen LogP contribution in [0.2, 0.25) is 0 Å². The number of hydrogen-bond acceptors (Lipinski definition) is 3. The molecule has 1 aromatic rings. The first-order chi connectivity index (χ1) is 7.16. The lowest BCUT2D eigenvalue weighted by molar-refractivity contribution is -0.00549. The summed E-state index contributed by atoms with van der Waals surface area (Å²) in [6, 6.07) is 3.95. The summed E-state index contributed by atoms with van der Waals surface area (Å²) in [5.41, 5.74) is 0. The molecule has 82 valence electrons. The Bertz CT molecular complexity index is 335. The van der Waals surface area contributed by atoms with Gasteiger partial charge in [-0.05, 0) is 41.9 Å². The van der Waals surface area contributed by atoms with Crippen molar-refractivity contribution in [3.63, 3.8) is 0 Å². The fraction of sp³-hybridized carbons (Fsp3) is 0.545. The smallest absolute Gasteiger partial charge is 0.143 e. The van der Waals surface area contributed by atoms with Gasteiger partial charge in [0.05, 0.1) is 16.7 Å². The lowest BCUT2D eigenvalue weighted by Gasteiger charge is -2.36. The Morgan fingerprint density at radius 3 is 2.67 bits per heavy atom. The van der Waals surface area contributed by atoms with Gasteiger partial charge < -0.3 is 9.64 Å². The van der Waals surface area contributed by atoms with Crippen LogP contribution in [0.5, 0.6) is 0 Å². The van der Waals surface area contributed by atoms with Gasteiger partial charge in [0.25, 0.3) is 0 Å². The molecule has 2 heterocycles. The molecule has 1 aliphatic heterocycles. The molecular formula is C11H15BrN2O. The number of pyridine rings is 1. The molecule has 0 spiro atoms. The quantitative estimate of drug-likeness (QED) is 0.784. The van der Waals surface area contributed by atoms with E-state index in [-0.39, 0.29) is 12.2 Å². The Hall–Kier alpha value is -0.610. The summed E-state index contributed by atoms with van der Waals surface area (Å²) in [4.78, 5) is 6.66. The van der Waals surface area contributed by atoms with Crippen LogP contribution in [0.25, 0.3) is 0 Å². The first-order valence-corrected chi connectivity index (χ1v) is 5.97. The first kappa shape index (κ1) is 10.9. The summed E-state index contributed by atoms with van der Waals surface area (Å²) in [6.45, 7) is 6.00. The molecule has 1 aliphatic rings. The molecule has 2 unspecified atom stereocenters. The highest BCUT2D eigenvalue weighted by atomic mass is 79.9. The number of anilines is 1. The Balaban J connectivity index is 2.20. The van der Waals surface area contributed by atoms with E-state index in [9.17, 15) is 0 Å². The van der Waals surface area contributed by atoms with Crippen LogP contribution in [0.15, 0.2) is 22.8 Å². The minimum absolute atomic E-state index is 0.266. The molecule has 15 heavy (non-hydrogen) atoms. The fourth-order valence-corrected chi connectivity index (χ4v) is 2.47. The van der Waals surface area contributed by atoms with Crippen molar-refractivity contribution in [1.82, 2.24) is 4.98 Å². The van der Waals surface area contributed by atoms with Crippen LogP contribution < -0.4 is 4.90 Å². The van der Waals surface area contributed by atoms with Crippen molar-refractivity contribution in [1.29, 1.82) is 0 Å². The van der Waals surface area contributed by atoms with Gasteiger partial charge in [0.2, 0.25) is 0 Å². The average Bonchev–Trinajstić information content (AvgIpc) is 2.16. The zero-order chi connectivity index (χ0) is 10.8. The number of nitrogens with zero attached hydrogens (tertiary/aromatic N) is 2. The summed E-state index contributed by atoms with van der Waals surface area (Å²) in [5.74, 6) is 1.01. The molecule has 2 atom stereocenters. The second-order valence-corrected chi connectivity index (χ2v) is 4.83. The lowest BCUT2D eigenvalue weighted by Crippen LogP contribution is -2.46. The number of halogens is 1. The van der Waals surface area contributed by atoms with Gasteiger partial charge in [0.1, 0.15) is 5.82 Å². The zero-order valence-electron chi connectivity index (χ0n) is 8.98. The van der Waals surface area contributed by atoms with Crippen molar-refractivity contribution in [2.24, 2.45) is 0 Å². The van der Waals surface area contributed by atoms with Gasteiger partial charge in [-0.1, -0.05) is 0 Å². The van der Waals surface area contributed by atoms with E-state index in [0.29, 0.717) is 0 Å². The van der Waals surface area contributed by atoms with Crippen LogP contribution in [-0.4, -0.2) is 30.3 Å². The summed E-state index contributed by atoms with van der Waals surface area (Å²) < 4.78 is 6.74. The molecular weight excluding hydrogens is 256 g/mol. The van der Waals surface area contributed by atoms with Gasteiger partial charge in [0, 0.05) is 19.3 Å². The topological polar surface area (TPSA) is 25.4 Å². The van der Waals surface area contributed by atoms with Crippen molar-refractivity contribution in [3.05, 3.63) is 22.8 Å². The van der Waals surface area contributed by atoms with Crippen molar-refractivity contribution in [3.8, 4) is 0 Å². The maximum atomic E-state index is 5.69. The minimum Gasteiger partial charge on any atom is -0.372 e. The van der Waals surface area contributed by atoms with Gasteiger partial charge in [-0.2, -0.15) is 0 Å². The summed E-state index contributed by atoms with van der Waals surface area (Å²) in [7, 11) is 0. The molecule has 3 nitrogen and oxygen atoms in total. The number of rotatable bonds is 1. The number of aromatic nitrogens is 1. The van der Waals surface area contributed by atoms with E-state index in [1.165, 1.54) is 0 Å². The largest absolute Gasteiger partial charge is 0.372 e. The van der Waals surface area contributed by atoms with E-state index < -0.39 is 0 Å². The van der Waals surface area contributed by atoms with Crippen molar-refractivity contribution >= 4 is 21.7 Å². The van der Waals surface area contributed by atoms with Crippen molar-refractivity contribution < 1.29 is 4.74 Å². The monoisotopic (exact) mass is 270 g/mol. The highest BCUT2D eigenvalue weighted by molar-refractivity contribution is 9.10. The predicted molar refractivity (Wildman–Crippen MR) is 64.2 cm³/mol. The molecule has 0 bridgehead atoms. The SMILES string of the molecule is CC1CN(c2ncccc2Br)CC(C)O1. The van der Waals surface area contributed by atoms with E-state index in [1.807, 2.05) is 18.3 Å². The maximum absolute atomic E-state index is 5.69. The molecule has 1 fully saturated rings. The van der Waals surface area contributed by atoms with Crippen LogP contribution >= 0.6 is 15.9 Å². The summed E-state index contributed by atoms with van der Waals surface area (Å²) in [6.07, 6.45) is 2.36. The standard InChI is InChI=1S/C11H15BrN2O/c1-8-6-14(7-9(2)15-8)11-10(12)4-3-5-13-11/h3-5,8-9H,6-7H2,1-2H3. The van der Waals surface area contributed by atoms with E-state index in [1.54, 1.807) is 0 Å².